The number of halogens is 1. The van der Waals surface area contributed by atoms with E-state index in [1.165, 1.54) is 16.0 Å². The van der Waals surface area contributed by atoms with Crippen LogP contribution in [0.2, 0.25) is 5.02 Å². The van der Waals surface area contributed by atoms with Gasteiger partial charge in [0, 0.05) is 35.5 Å². The first-order valence-electron chi connectivity index (χ1n) is 12.6. The Balaban J connectivity index is 1.67. The molecule has 0 saturated heterocycles. The molecule has 2 N–H and O–H groups in total. The molecule has 7 heteroatoms. The lowest BCUT2D eigenvalue weighted by molar-refractivity contribution is 0.249. The van der Waals surface area contributed by atoms with Crippen LogP contribution in [-0.2, 0) is 19.5 Å². The summed E-state index contributed by atoms with van der Waals surface area (Å²) in [5.74, 6) is 1.35. The molecule has 1 aliphatic rings. The van der Waals surface area contributed by atoms with Crippen molar-refractivity contribution in [1.29, 1.82) is 0 Å². The van der Waals surface area contributed by atoms with E-state index in [1.807, 2.05) is 18.2 Å². The SMILES string of the molecule is COc1ccc(-c2c(Cl)c(C(N)C(C)(C)C)nc3sc4c(c23)CCN(Cc2ccccc2)C4)cc1OC. The van der Waals surface area contributed by atoms with Crippen LogP contribution in [0.15, 0.2) is 48.5 Å². The number of nitrogens with zero attached hydrogens (tertiary/aromatic N) is 2. The Morgan fingerprint density at radius 2 is 1.81 bits per heavy atom. The second kappa shape index (κ2) is 10.3. The van der Waals surface area contributed by atoms with E-state index in [4.69, 9.17) is 31.8 Å². The van der Waals surface area contributed by atoms with Crippen molar-refractivity contribution in [2.75, 3.05) is 20.8 Å². The van der Waals surface area contributed by atoms with Crippen molar-refractivity contribution in [3.8, 4) is 22.6 Å². The number of ether oxygens (including phenoxy) is 2. The quantitative estimate of drug-likeness (QED) is 0.282. The Kier molecular flexibility index (Phi) is 7.20. The fourth-order valence-electron chi connectivity index (χ4n) is 5.03. The van der Waals surface area contributed by atoms with Crippen LogP contribution in [-0.4, -0.2) is 30.6 Å². The molecule has 0 saturated carbocycles. The van der Waals surface area contributed by atoms with Gasteiger partial charge in [0.05, 0.1) is 31.0 Å². The maximum absolute atomic E-state index is 7.21. The smallest absolute Gasteiger partial charge is 0.161 e. The number of hydrogen-bond donors (Lipinski definition) is 1. The molecule has 0 spiro atoms. The molecule has 0 fully saturated rings. The van der Waals surface area contributed by atoms with Gasteiger partial charge in [-0.25, -0.2) is 4.98 Å². The Labute approximate surface area is 228 Å². The fraction of sp³-hybridized carbons (Fsp3) is 0.367. The number of hydrogen-bond acceptors (Lipinski definition) is 6. The zero-order chi connectivity index (χ0) is 26.3. The van der Waals surface area contributed by atoms with Gasteiger partial charge in [-0.05, 0) is 40.7 Å². The third-order valence-corrected chi connectivity index (χ3v) is 8.68. The van der Waals surface area contributed by atoms with Crippen LogP contribution in [0.4, 0.5) is 0 Å². The molecule has 194 valence electrons. The molecule has 1 unspecified atom stereocenters. The van der Waals surface area contributed by atoms with Crippen molar-refractivity contribution < 1.29 is 9.47 Å². The zero-order valence-electron chi connectivity index (χ0n) is 22.1. The lowest BCUT2D eigenvalue weighted by Crippen LogP contribution is -2.29. The topological polar surface area (TPSA) is 60.6 Å². The number of thiophene rings is 1. The molecule has 1 aliphatic heterocycles. The number of fused-ring (bicyclic) bond motifs is 3. The van der Waals surface area contributed by atoms with Gasteiger partial charge in [0.15, 0.2) is 11.5 Å². The summed E-state index contributed by atoms with van der Waals surface area (Å²) in [6.07, 6.45) is 0.950. The molecule has 37 heavy (non-hydrogen) atoms. The first kappa shape index (κ1) is 26.0. The monoisotopic (exact) mass is 535 g/mol. The summed E-state index contributed by atoms with van der Waals surface area (Å²) in [5, 5.41) is 1.76. The second-order valence-corrected chi connectivity index (χ2v) is 12.2. The second-order valence-electron chi connectivity index (χ2n) is 10.7. The molecule has 1 atom stereocenters. The Morgan fingerprint density at radius 1 is 1.08 bits per heavy atom. The van der Waals surface area contributed by atoms with E-state index in [0.717, 1.165) is 53.1 Å². The number of methoxy groups -OCH3 is 2. The molecule has 3 heterocycles. The van der Waals surface area contributed by atoms with Gasteiger partial charge in [0.2, 0.25) is 0 Å². The average molecular weight is 536 g/mol. The summed E-state index contributed by atoms with van der Waals surface area (Å²) in [6, 6.07) is 16.3. The minimum Gasteiger partial charge on any atom is -0.493 e. The van der Waals surface area contributed by atoms with E-state index < -0.39 is 0 Å². The first-order chi connectivity index (χ1) is 17.7. The molecular weight excluding hydrogens is 502 g/mol. The third-order valence-electron chi connectivity index (χ3n) is 7.18. The van der Waals surface area contributed by atoms with Crippen molar-refractivity contribution in [2.45, 2.75) is 46.3 Å². The highest BCUT2D eigenvalue weighted by atomic mass is 35.5. The van der Waals surface area contributed by atoms with Gasteiger partial charge < -0.3 is 15.2 Å². The van der Waals surface area contributed by atoms with Gasteiger partial charge in [-0.2, -0.15) is 0 Å². The number of pyridine rings is 1. The maximum atomic E-state index is 7.21. The van der Waals surface area contributed by atoms with E-state index in [9.17, 15) is 0 Å². The summed E-state index contributed by atoms with van der Waals surface area (Å²) >= 11 is 8.98. The van der Waals surface area contributed by atoms with Crippen LogP contribution in [0.25, 0.3) is 21.3 Å². The van der Waals surface area contributed by atoms with Gasteiger partial charge >= 0.3 is 0 Å². The van der Waals surface area contributed by atoms with E-state index in [2.05, 4.69) is 56.0 Å². The molecule has 5 nitrogen and oxygen atoms in total. The lowest BCUT2D eigenvalue weighted by Gasteiger charge is -2.28. The normalized spacial score (nSPS) is 15.0. The van der Waals surface area contributed by atoms with Crippen LogP contribution in [0.1, 0.15) is 48.5 Å². The lowest BCUT2D eigenvalue weighted by atomic mass is 9.84. The predicted octanol–water partition coefficient (Wildman–Crippen LogP) is 7.24. The predicted molar refractivity (Wildman–Crippen MR) is 154 cm³/mol. The van der Waals surface area contributed by atoms with Gasteiger partial charge in [-0.15, -0.1) is 11.3 Å². The molecule has 2 aromatic heterocycles. The van der Waals surface area contributed by atoms with Crippen LogP contribution in [0, 0.1) is 5.41 Å². The highest BCUT2D eigenvalue weighted by Crippen LogP contribution is 2.48. The van der Waals surface area contributed by atoms with Crippen molar-refractivity contribution in [3.05, 3.63) is 75.3 Å². The minimum atomic E-state index is -0.308. The summed E-state index contributed by atoms with van der Waals surface area (Å²) in [5.41, 5.74) is 11.9. The molecule has 2 aromatic carbocycles. The highest BCUT2D eigenvalue weighted by Gasteiger charge is 2.31. The Bertz CT molecular complexity index is 1430. The zero-order valence-corrected chi connectivity index (χ0v) is 23.7. The Morgan fingerprint density at radius 3 is 2.49 bits per heavy atom. The standard InChI is InChI=1S/C30H34ClN3O2S/c1-30(2,3)28(32)27-26(31)24(19-11-12-21(35-4)22(15-19)36-5)25-20-13-14-34(16-18-9-7-6-8-10-18)17-23(20)37-29(25)33-27/h6-12,15,28H,13-14,16-17,32H2,1-5H3. The first-order valence-corrected chi connectivity index (χ1v) is 13.8. The van der Waals surface area contributed by atoms with Crippen molar-refractivity contribution in [2.24, 2.45) is 11.1 Å². The van der Waals surface area contributed by atoms with E-state index in [0.29, 0.717) is 16.5 Å². The van der Waals surface area contributed by atoms with Crippen LogP contribution in [0.5, 0.6) is 11.5 Å². The molecule has 0 aliphatic carbocycles. The van der Waals surface area contributed by atoms with Gasteiger partial charge in [-0.3, -0.25) is 4.90 Å². The van der Waals surface area contributed by atoms with E-state index in [1.54, 1.807) is 25.6 Å². The van der Waals surface area contributed by atoms with Crippen LogP contribution < -0.4 is 15.2 Å². The summed E-state index contributed by atoms with van der Waals surface area (Å²) < 4.78 is 11.1. The summed E-state index contributed by atoms with van der Waals surface area (Å²) in [4.78, 5) is 9.96. The molecule has 0 bridgehead atoms. The third kappa shape index (κ3) is 4.96. The molecule has 4 aromatic rings. The molecule has 5 rings (SSSR count). The van der Waals surface area contributed by atoms with Gasteiger partial charge in [-0.1, -0.05) is 68.8 Å². The fourth-order valence-corrected chi connectivity index (χ4v) is 6.67. The summed E-state index contributed by atoms with van der Waals surface area (Å²) in [7, 11) is 3.30. The number of aromatic nitrogens is 1. The Hall–Kier alpha value is -2.64. The number of benzene rings is 2. The van der Waals surface area contributed by atoms with Crippen LogP contribution >= 0.6 is 22.9 Å². The maximum Gasteiger partial charge on any atom is 0.161 e. The highest BCUT2D eigenvalue weighted by molar-refractivity contribution is 7.19. The van der Waals surface area contributed by atoms with Gasteiger partial charge in [0.25, 0.3) is 0 Å². The average Bonchev–Trinajstić information content (AvgIpc) is 3.24. The largest absolute Gasteiger partial charge is 0.493 e. The van der Waals surface area contributed by atoms with Gasteiger partial charge in [0.1, 0.15) is 4.83 Å². The molecular formula is C30H34ClN3O2S. The van der Waals surface area contributed by atoms with Crippen LogP contribution in [0.3, 0.4) is 0 Å². The molecule has 0 radical (unpaired) electrons. The van der Waals surface area contributed by atoms with Crippen molar-refractivity contribution in [3.63, 3.8) is 0 Å². The minimum absolute atomic E-state index is 0.192. The number of nitrogens with two attached hydrogens (primary N) is 1. The number of rotatable bonds is 6. The van der Waals surface area contributed by atoms with Crippen molar-refractivity contribution in [1.82, 2.24) is 9.88 Å². The van der Waals surface area contributed by atoms with E-state index in [-0.39, 0.29) is 11.5 Å². The van der Waals surface area contributed by atoms with Crippen molar-refractivity contribution >= 4 is 33.2 Å². The van der Waals surface area contributed by atoms with E-state index >= 15 is 0 Å². The summed E-state index contributed by atoms with van der Waals surface area (Å²) in [6.45, 7) is 9.19. The molecule has 0 amide bonds.